The Labute approximate surface area is 128 Å². The molecular formula is C14H9ClN2O3S. The summed E-state index contributed by atoms with van der Waals surface area (Å²) < 4.78 is 4.72. The maximum absolute atomic E-state index is 12.5. The van der Waals surface area contributed by atoms with Gasteiger partial charge in [0.1, 0.15) is 4.34 Å². The first-order valence-electron chi connectivity index (χ1n) is 5.97. The predicted octanol–water partition coefficient (Wildman–Crippen LogP) is 3.30. The number of rotatable bonds is 3. The Morgan fingerprint density at radius 2 is 2.10 bits per heavy atom. The number of H-pyrrole nitrogens is 1. The number of carbonyl (C=O) groups excluding carboxylic acids is 2. The molecule has 0 spiro atoms. The minimum absolute atomic E-state index is 0.0349. The smallest absolute Gasteiger partial charge is 0.359 e. The molecule has 106 valence electrons. The molecule has 3 rings (SSSR count). The highest BCUT2D eigenvalue weighted by Crippen LogP contribution is 2.28. The molecule has 0 saturated heterocycles. The fraction of sp³-hybridized carbons (Fsp3) is 0.0714. The van der Waals surface area contributed by atoms with Crippen LogP contribution >= 0.6 is 22.9 Å². The van der Waals surface area contributed by atoms with Crippen molar-refractivity contribution >= 4 is 45.6 Å². The normalized spacial score (nSPS) is 10.8. The molecule has 0 aliphatic carbocycles. The van der Waals surface area contributed by atoms with Crippen LogP contribution in [0.4, 0.5) is 0 Å². The van der Waals surface area contributed by atoms with Gasteiger partial charge in [-0.25, -0.2) is 9.78 Å². The van der Waals surface area contributed by atoms with Crippen molar-refractivity contribution in [2.24, 2.45) is 0 Å². The number of carbonyl (C=O) groups is 2. The summed E-state index contributed by atoms with van der Waals surface area (Å²) in [5.74, 6) is -0.941. The standard InChI is InChI=1S/C14H9ClN2O3S/c1-20-14(19)10-12(15)21-13(17-10)11(18)8-6-16-9-5-3-2-4-7(8)9/h2-6,16H,1H3. The topological polar surface area (TPSA) is 72.0 Å². The van der Waals surface area contributed by atoms with Gasteiger partial charge in [0.25, 0.3) is 0 Å². The minimum Gasteiger partial charge on any atom is -0.464 e. The molecule has 0 fully saturated rings. The molecule has 0 aliphatic heterocycles. The van der Waals surface area contributed by atoms with Crippen LogP contribution in [-0.2, 0) is 4.74 Å². The van der Waals surface area contributed by atoms with Crippen molar-refractivity contribution in [3.05, 3.63) is 51.1 Å². The number of aromatic amines is 1. The zero-order chi connectivity index (χ0) is 15.0. The first-order valence-corrected chi connectivity index (χ1v) is 7.16. The van der Waals surface area contributed by atoms with E-state index in [0.717, 1.165) is 22.2 Å². The first-order chi connectivity index (χ1) is 10.1. The van der Waals surface area contributed by atoms with Crippen LogP contribution in [0, 0.1) is 0 Å². The number of thiazole rings is 1. The quantitative estimate of drug-likeness (QED) is 0.593. The van der Waals surface area contributed by atoms with Crippen molar-refractivity contribution in [3.63, 3.8) is 0 Å². The Kier molecular flexibility index (Phi) is 3.48. The molecule has 5 nitrogen and oxygen atoms in total. The van der Waals surface area contributed by atoms with Gasteiger partial charge >= 0.3 is 5.97 Å². The van der Waals surface area contributed by atoms with Gasteiger partial charge in [-0.1, -0.05) is 41.1 Å². The molecule has 0 radical (unpaired) electrons. The van der Waals surface area contributed by atoms with E-state index in [-0.39, 0.29) is 20.8 Å². The monoisotopic (exact) mass is 320 g/mol. The molecule has 0 saturated carbocycles. The number of aromatic nitrogens is 2. The highest BCUT2D eigenvalue weighted by Gasteiger charge is 2.23. The van der Waals surface area contributed by atoms with Crippen LogP contribution in [0.2, 0.25) is 4.34 Å². The number of ketones is 1. The summed E-state index contributed by atoms with van der Waals surface area (Å²) in [4.78, 5) is 31.0. The average Bonchev–Trinajstić information content (AvgIpc) is 3.09. The number of methoxy groups -OCH3 is 1. The number of esters is 1. The third kappa shape index (κ3) is 2.32. The lowest BCUT2D eigenvalue weighted by molar-refractivity contribution is 0.0595. The van der Waals surface area contributed by atoms with E-state index in [0.29, 0.717) is 5.56 Å². The second-order valence-electron chi connectivity index (χ2n) is 4.21. The molecule has 1 aromatic carbocycles. The number of nitrogens with one attached hydrogen (secondary N) is 1. The number of nitrogens with zero attached hydrogens (tertiary/aromatic N) is 1. The van der Waals surface area contributed by atoms with E-state index in [9.17, 15) is 9.59 Å². The van der Waals surface area contributed by atoms with Gasteiger partial charge in [0, 0.05) is 17.1 Å². The van der Waals surface area contributed by atoms with Gasteiger partial charge < -0.3 is 9.72 Å². The lowest BCUT2D eigenvalue weighted by atomic mass is 10.1. The summed E-state index contributed by atoms with van der Waals surface area (Å²) in [6.07, 6.45) is 1.63. The summed E-state index contributed by atoms with van der Waals surface area (Å²) in [5, 5.41) is 0.957. The molecule has 3 aromatic rings. The van der Waals surface area contributed by atoms with Crippen molar-refractivity contribution in [1.29, 1.82) is 0 Å². The molecule has 0 atom stereocenters. The van der Waals surface area contributed by atoms with Gasteiger partial charge in [0.05, 0.1) is 12.7 Å². The maximum Gasteiger partial charge on any atom is 0.359 e. The lowest BCUT2D eigenvalue weighted by Crippen LogP contribution is -2.05. The third-order valence-electron chi connectivity index (χ3n) is 2.99. The Morgan fingerprint density at radius 1 is 1.33 bits per heavy atom. The van der Waals surface area contributed by atoms with E-state index in [2.05, 4.69) is 14.7 Å². The third-order valence-corrected chi connectivity index (χ3v) is 4.25. The molecule has 0 unspecified atom stereocenters. The highest BCUT2D eigenvalue weighted by molar-refractivity contribution is 7.18. The zero-order valence-electron chi connectivity index (χ0n) is 10.8. The van der Waals surface area contributed by atoms with Crippen molar-refractivity contribution in [3.8, 4) is 0 Å². The summed E-state index contributed by atoms with van der Waals surface area (Å²) in [6.45, 7) is 0. The molecule has 0 aliphatic rings. The number of hydrogen-bond acceptors (Lipinski definition) is 5. The van der Waals surface area contributed by atoms with E-state index < -0.39 is 5.97 Å². The minimum atomic E-state index is -0.658. The van der Waals surface area contributed by atoms with Crippen LogP contribution < -0.4 is 0 Å². The summed E-state index contributed by atoms with van der Waals surface area (Å²) in [5.41, 5.74) is 1.32. The Morgan fingerprint density at radius 3 is 2.86 bits per heavy atom. The number of ether oxygens (including phenoxy) is 1. The molecule has 7 heteroatoms. The molecular weight excluding hydrogens is 312 g/mol. The molecule has 2 aromatic heterocycles. The fourth-order valence-corrected chi connectivity index (χ4v) is 3.07. The van der Waals surface area contributed by atoms with Gasteiger partial charge in [-0.2, -0.15) is 0 Å². The van der Waals surface area contributed by atoms with Crippen molar-refractivity contribution in [2.45, 2.75) is 0 Å². The Bertz CT molecular complexity index is 853. The van der Waals surface area contributed by atoms with Gasteiger partial charge in [-0.05, 0) is 6.07 Å². The molecule has 0 amide bonds. The van der Waals surface area contributed by atoms with Crippen LogP contribution in [0.25, 0.3) is 10.9 Å². The van der Waals surface area contributed by atoms with Gasteiger partial charge in [0.15, 0.2) is 10.7 Å². The van der Waals surface area contributed by atoms with E-state index >= 15 is 0 Å². The predicted molar refractivity (Wildman–Crippen MR) is 80.2 cm³/mol. The second kappa shape index (κ2) is 5.31. The van der Waals surface area contributed by atoms with E-state index in [1.807, 2.05) is 24.3 Å². The van der Waals surface area contributed by atoms with Crippen molar-refractivity contribution in [2.75, 3.05) is 7.11 Å². The van der Waals surface area contributed by atoms with Crippen molar-refractivity contribution in [1.82, 2.24) is 9.97 Å². The average molecular weight is 321 g/mol. The van der Waals surface area contributed by atoms with Crippen LogP contribution in [0.1, 0.15) is 25.9 Å². The van der Waals surface area contributed by atoms with Crippen molar-refractivity contribution < 1.29 is 14.3 Å². The van der Waals surface area contributed by atoms with Gasteiger partial charge in [-0.3, -0.25) is 4.79 Å². The van der Waals surface area contributed by atoms with Crippen LogP contribution in [0.15, 0.2) is 30.5 Å². The fourth-order valence-electron chi connectivity index (χ4n) is 2.00. The molecule has 0 bridgehead atoms. The summed E-state index contributed by atoms with van der Waals surface area (Å²) in [7, 11) is 1.24. The Hall–Kier alpha value is -2.18. The molecule has 21 heavy (non-hydrogen) atoms. The van der Waals surface area contributed by atoms with E-state index in [4.69, 9.17) is 11.6 Å². The van der Waals surface area contributed by atoms with Gasteiger partial charge in [0.2, 0.25) is 5.78 Å². The largest absolute Gasteiger partial charge is 0.464 e. The number of benzene rings is 1. The summed E-state index contributed by atoms with van der Waals surface area (Å²) >= 11 is 6.90. The number of para-hydroxylation sites is 1. The SMILES string of the molecule is COC(=O)c1nc(C(=O)c2c[nH]c3ccccc23)sc1Cl. The van der Waals surface area contributed by atoms with Crippen LogP contribution in [0.5, 0.6) is 0 Å². The van der Waals surface area contributed by atoms with Crippen LogP contribution in [-0.4, -0.2) is 28.8 Å². The highest BCUT2D eigenvalue weighted by atomic mass is 35.5. The zero-order valence-corrected chi connectivity index (χ0v) is 12.4. The van der Waals surface area contributed by atoms with Gasteiger partial charge in [-0.15, -0.1) is 0 Å². The number of fused-ring (bicyclic) bond motifs is 1. The molecule has 1 N–H and O–H groups in total. The van der Waals surface area contributed by atoms with E-state index in [1.165, 1.54) is 7.11 Å². The van der Waals surface area contributed by atoms with E-state index in [1.54, 1.807) is 6.20 Å². The number of halogens is 1. The van der Waals surface area contributed by atoms with Crippen LogP contribution in [0.3, 0.4) is 0 Å². The molecule has 2 heterocycles. The lowest BCUT2D eigenvalue weighted by Gasteiger charge is -1.95. The summed E-state index contributed by atoms with van der Waals surface area (Å²) in [6, 6.07) is 7.45. The Balaban J connectivity index is 2.05. The maximum atomic E-state index is 12.5. The first kappa shape index (κ1) is 13.8. The number of hydrogen-bond donors (Lipinski definition) is 1. The second-order valence-corrected chi connectivity index (χ2v) is 5.81.